The number of rotatable bonds is 12. The number of nitrogens with zero attached hydrogens (tertiary/aromatic N) is 4. The quantitative estimate of drug-likeness (QED) is 0.0421. The molecule has 0 aliphatic carbocycles. The molecule has 8 rings (SSSR count). The molecule has 296 valence electrons. The van der Waals surface area contributed by atoms with Gasteiger partial charge in [0.2, 0.25) is 5.60 Å². The molecule has 0 bridgehead atoms. The number of carboxylic acid groups (broad SMARTS) is 2. The van der Waals surface area contributed by atoms with E-state index in [2.05, 4.69) is 15.5 Å². The van der Waals surface area contributed by atoms with Gasteiger partial charge < -0.3 is 31.0 Å². The minimum Gasteiger partial charge on any atom is -0.478 e. The second-order valence-corrected chi connectivity index (χ2v) is 15.6. The Hall–Kier alpha value is -7.04. The van der Waals surface area contributed by atoms with Gasteiger partial charge in [-0.1, -0.05) is 96.2 Å². The number of carbonyl (C=O) groups is 5. The number of aliphatic carboxylic acids is 1. The van der Waals surface area contributed by atoms with Crippen LogP contribution in [0.4, 0.5) is 10.8 Å². The SMILES string of the molecule is Nc1nc(C(=NOC(c2ccccc2)(c2ccccc2)c2ccccc2)C(=O)N[C@@H]2C(=O)N3C(C(=O)O)=C(C=C4CCN(c5ccc(C(=O)O)cc5)C4=O)CS[C@H]23)cs1. The van der Waals surface area contributed by atoms with Gasteiger partial charge in [-0.25, -0.2) is 14.6 Å². The lowest BCUT2D eigenvalue weighted by molar-refractivity contribution is -0.150. The van der Waals surface area contributed by atoms with Crippen LogP contribution in [-0.4, -0.2) is 79.2 Å². The molecule has 16 heteroatoms. The average Bonchev–Trinajstić information content (AvgIpc) is 3.86. The van der Waals surface area contributed by atoms with Gasteiger partial charge in [-0.05, 0) is 42.3 Å². The summed E-state index contributed by atoms with van der Waals surface area (Å²) in [7, 11) is 0. The second-order valence-electron chi connectivity index (χ2n) is 13.6. The third kappa shape index (κ3) is 7.23. The first-order valence-electron chi connectivity index (χ1n) is 18.3. The first-order valence-corrected chi connectivity index (χ1v) is 20.2. The number of fused-ring (bicyclic) bond motifs is 1. The predicted octanol–water partition coefficient (Wildman–Crippen LogP) is 5.24. The molecular formula is C43H34N6O8S2. The summed E-state index contributed by atoms with van der Waals surface area (Å²) in [5.41, 5.74) is 7.62. The predicted molar refractivity (Wildman–Crippen MR) is 221 cm³/mol. The number of hydrogen-bond donors (Lipinski definition) is 4. The molecule has 4 aromatic carbocycles. The number of aromatic carboxylic acids is 1. The molecule has 0 unspecified atom stereocenters. The lowest BCUT2D eigenvalue weighted by Gasteiger charge is -2.49. The number of nitrogens with two attached hydrogens (primary N) is 1. The van der Waals surface area contributed by atoms with Gasteiger partial charge in [0.05, 0.1) is 5.56 Å². The normalized spacial score (nSPS) is 18.7. The summed E-state index contributed by atoms with van der Waals surface area (Å²) in [4.78, 5) is 79.0. The number of thioether (sulfide) groups is 1. The molecule has 2 saturated heterocycles. The van der Waals surface area contributed by atoms with Gasteiger partial charge in [-0.15, -0.1) is 23.1 Å². The van der Waals surface area contributed by atoms with Crippen LogP contribution in [-0.2, 0) is 29.6 Å². The largest absolute Gasteiger partial charge is 0.478 e. The molecule has 2 fully saturated rings. The van der Waals surface area contributed by atoms with E-state index < -0.39 is 40.8 Å². The van der Waals surface area contributed by atoms with E-state index in [1.54, 1.807) is 17.5 Å². The number of benzene rings is 4. The van der Waals surface area contributed by atoms with Crippen molar-refractivity contribution in [2.75, 3.05) is 22.9 Å². The summed E-state index contributed by atoms with van der Waals surface area (Å²) in [6.45, 7) is 0.306. The Kier molecular flexibility index (Phi) is 10.6. The van der Waals surface area contributed by atoms with Crippen LogP contribution >= 0.6 is 23.1 Å². The van der Waals surface area contributed by atoms with E-state index in [4.69, 9.17) is 10.6 Å². The Morgan fingerprint density at radius 1 is 0.864 bits per heavy atom. The number of amides is 3. The Labute approximate surface area is 345 Å². The molecule has 3 aliphatic heterocycles. The van der Waals surface area contributed by atoms with Gasteiger partial charge in [0.25, 0.3) is 17.7 Å². The van der Waals surface area contributed by atoms with Crippen molar-refractivity contribution in [3.05, 3.63) is 172 Å². The van der Waals surface area contributed by atoms with Crippen molar-refractivity contribution in [3.63, 3.8) is 0 Å². The number of nitrogens with one attached hydrogen (secondary N) is 1. The molecule has 59 heavy (non-hydrogen) atoms. The summed E-state index contributed by atoms with van der Waals surface area (Å²) in [6.07, 6.45) is 1.81. The third-order valence-corrected chi connectivity index (χ3v) is 12.2. The molecule has 5 aromatic rings. The summed E-state index contributed by atoms with van der Waals surface area (Å²) >= 11 is 2.34. The first kappa shape index (κ1) is 38.8. The van der Waals surface area contributed by atoms with Gasteiger partial charge in [-0.3, -0.25) is 19.3 Å². The first-order chi connectivity index (χ1) is 28.6. The highest BCUT2D eigenvalue weighted by Gasteiger charge is 2.54. The fourth-order valence-electron chi connectivity index (χ4n) is 7.34. The van der Waals surface area contributed by atoms with Crippen molar-refractivity contribution < 1.29 is 39.0 Å². The summed E-state index contributed by atoms with van der Waals surface area (Å²) in [5, 5.41) is 27.8. The lowest BCUT2D eigenvalue weighted by Crippen LogP contribution is -2.71. The molecule has 3 amide bonds. The van der Waals surface area contributed by atoms with Crippen molar-refractivity contribution in [3.8, 4) is 0 Å². The van der Waals surface area contributed by atoms with Crippen LogP contribution in [0.3, 0.4) is 0 Å². The van der Waals surface area contributed by atoms with Gasteiger partial charge in [0.1, 0.15) is 22.8 Å². The van der Waals surface area contributed by atoms with E-state index in [-0.39, 0.29) is 45.0 Å². The van der Waals surface area contributed by atoms with Crippen molar-refractivity contribution in [2.45, 2.75) is 23.4 Å². The Morgan fingerprint density at radius 3 is 1.98 bits per heavy atom. The van der Waals surface area contributed by atoms with E-state index in [9.17, 15) is 34.2 Å². The highest BCUT2D eigenvalue weighted by atomic mass is 32.2. The second kappa shape index (κ2) is 16.1. The fraction of sp³-hybridized carbons (Fsp3) is 0.140. The fourth-order valence-corrected chi connectivity index (χ4v) is 9.20. The topological polar surface area (TPSA) is 205 Å². The molecule has 2 atom stereocenters. The van der Waals surface area contributed by atoms with Crippen LogP contribution < -0.4 is 16.0 Å². The third-order valence-electron chi connectivity index (χ3n) is 10.2. The molecule has 5 N–H and O–H groups in total. The molecule has 1 aromatic heterocycles. The number of oxime groups is 1. The van der Waals surface area contributed by atoms with Crippen molar-refractivity contribution >= 4 is 69.3 Å². The Balaban J connectivity index is 1.08. The zero-order chi connectivity index (χ0) is 41.3. The number of thiazole rings is 1. The lowest BCUT2D eigenvalue weighted by atomic mass is 9.80. The molecule has 0 radical (unpaired) electrons. The van der Waals surface area contributed by atoms with Crippen LogP contribution in [0.15, 0.2) is 149 Å². The molecule has 0 saturated carbocycles. The van der Waals surface area contributed by atoms with Gasteiger partial charge in [0, 0.05) is 45.6 Å². The molecule has 0 spiro atoms. The molecule has 3 aliphatic rings. The smallest absolute Gasteiger partial charge is 0.352 e. The number of carboxylic acids is 2. The van der Waals surface area contributed by atoms with Crippen LogP contribution in [0.1, 0.15) is 39.2 Å². The minimum absolute atomic E-state index is 0.0794. The highest BCUT2D eigenvalue weighted by molar-refractivity contribution is 8.00. The van der Waals surface area contributed by atoms with E-state index in [0.717, 1.165) is 32.9 Å². The van der Waals surface area contributed by atoms with E-state index >= 15 is 0 Å². The molecular weight excluding hydrogens is 793 g/mol. The number of carbonyl (C=O) groups excluding carboxylic acids is 3. The number of hydrogen-bond acceptors (Lipinski definition) is 11. The van der Waals surface area contributed by atoms with Crippen LogP contribution in [0.25, 0.3) is 0 Å². The summed E-state index contributed by atoms with van der Waals surface area (Å²) in [6, 6.07) is 33.0. The monoisotopic (exact) mass is 826 g/mol. The number of β-lactam (4-membered cyclic amide) rings is 1. The summed E-state index contributed by atoms with van der Waals surface area (Å²) in [5.74, 6) is -4.13. The number of allylic oxidation sites excluding steroid dienone is 1. The standard InChI is InChI=1S/C43H34N6O8S2/c44-42-45-32(24-59-42)33(47-57-43(28-10-4-1-5-11-28,29-12-6-2-7-13-29)30-14-8-3-9-15-30)36(50)46-34-38(52)49-35(41(55)56)27(23-58-39(34)49)22-26-20-21-48(37(26)51)31-18-16-25(17-19-31)40(53)54/h1-19,22,24,34,39H,20-21,23H2,(H2,44,45)(H,46,50)(H,53,54)(H,55,56)/t34-,39-/m1/s1. The Bertz CT molecular complexity index is 2460. The van der Waals surface area contributed by atoms with E-state index in [1.807, 2.05) is 91.0 Å². The van der Waals surface area contributed by atoms with Crippen LogP contribution in [0.2, 0.25) is 0 Å². The molecule has 4 heterocycles. The van der Waals surface area contributed by atoms with Gasteiger partial charge >= 0.3 is 11.9 Å². The van der Waals surface area contributed by atoms with E-state index in [1.165, 1.54) is 34.9 Å². The number of aromatic nitrogens is 1. The van der Waals surface area contributed by atoms with Crippen molar-refractivity contribution in [1.29, 1.82) is 0 Å². The molecule has 14 nitrogen and oxygen atoms in total. The number of anilines is 2. The Morgan fingerprint density at radius 2 is 1.46 bits per heavy atom. The maximum atomic E-state index is 14.3. The number of nitrogen functional groups attached to an aromatic ring is 1. The maximum Gasteiger partial charge on any atom is 0.352 e. The van der Waals surface area contributed by atoms with Gasteiger partial charge in [0.15, 0.2) is 10.8 Å². The van der Waals surface area contributed by atoms with Gasteiger partial charge in [-0.2, -0.15) is 0 Å². The zero-order valence-electron chi connectivity index (χ0n) is 30.9. The van der Waals surface area contributed by atoms with Crippen molar-refractivity contribution in [2.24, 2.45) is 5.16 Å². The maximum absolute atomic E-state index is 14.3. The van der Waals surface area contributed by atoms with Crippen LogP contribution in [0.5, 0.6) is 0 Å². The zero-order valence-corrected chi connectivity index (χ0v) is 32.6. The summed E-state index contributed by atoms with van der Waals surface area (Å²) < 4.78 is 0. The minimum atomic E-state index is -1.36. The van der Waals surface area contributed by atoms with Crippen molar-refractivity contribution in [1.82, 2.24) is 15.2 Å². The average molecular weight is 827 g/mol. The van der Waals surface area contributed by atoms with Crippen LogP contribution in [0, 0.1) is 0 Å². The van der Waals surface area contributed by atoms with E-state index in [0.29, 0.717) is 24.2 Å². The highest BCUT2D eigenvalue weighted by Crippen LogP contribution is 2.43.